The third-order valence-corrected chi connectivity index (χ3v) is 5.37. The molecule has 0 spiro atoms. The molecular formula is C18H13N3O3S2. The van der Waals surface area contributed by atoms with Crippen LogP contribution in [0, 0.1) is 3.95 Å². The molecule has 4 rings (SSSR count). The van der Waals surface area contributed by atoms with Crippen molar-refractivity contribution in [2.24, 2.45) is 0 Å². The number of aromatic amines is 1. The number of aromatic nitrogens is 2. The zero-order valence-electron chi connectivity index (χ0n) is 13.6. The van der Waals surface area contributed by atoms with E-state index in [1.165, 1.54) is 7.11 Å². The van der Waals surface area contributed by atoms with Crippen molar-refractivity contribution in [2.45, 2.75) is 0 Å². The molecule has 2 heterocycles. The smallest absolute Gasteiger partial charge is 0.269 e. The SMILES string of the molecule is COc1ccccc1NC(=O)c1sc(=S)n2c1[nH]c(=O)c1ccccc12. The molecule has 4 aromatic rings. The van der Waals surface area contributed by atoms with E-state index in [2.05, 4.69) is 10.3 Å². The Labute approximate surface area is 156 Å². The molecule has 0 atom stereocenters. The summed E-state index contributed by atoms with van der Waals surface area (Å²) in [5.74, 6) is 0.186. The minimum Gasteiger partial charge on any atom is -0.495 e. The number of hydrogen-bond acceptors (Lipinski definition) is 5. The lowest BCUT2D eigenvalue weighted by Crippen LogP contribution is -2.15. The van der Waals surface area contributed by atoms with Crippen molar-refractivity contribution in [1.29, 1.82) is 0 Å². The summed E-state index contributed by atoms with van der Waals surface area (Å²) in [6, 6.07) is 14.3. The summed E-state index contributed by atoms with van der Waals surface area (Å²) in [5.41, 5.74) is 1.33. The molecule has 130 valence electrons. The first-order chi connectivity index (χ1) is 12.6. The van der Waals surface area contributed by atoms with E-state index in [9.17, 15) is 9.59 Å². The summed E-state index contributed by atoms with van der Waals surface area (Å²) in [4.78, 5) is 28.3. The van der Waals surface area contributed by atoms with Crippen LogP contribution in [0.5, 0.6) is 5.75 Å². The van der Waals surface area contributed by atoms with Crippen LogP contribution in [0.25, 0.3) is 16.6 Å². The molecule has 0 unspecified atom stereocenters. The van der Waals surface area contributed by atoms with Gasteiger partial charge in [-0.1, -0.05) is 35.6 Å². The molecule has 1 amide bonds. The van der Waals surface area contributed by atoms with Gasteiger partial charge in [0.2, 0.25) is 0 Å². The first-order valence-electron chi connectivity index (χ1n) is 7.71. The molecule has 0 aliphatic rings. The van der Waals surface area contributed by atoms with Crippen LogP contribution < -0.4 is 15.6 Å². The van der Waals surface area contributed by atoms with Crippen molar-refractivity contribution in [3.63, 3.8) is 0 Å². The third-order valence-electron chi connectivity index (χ3n) is 3.99. The van der Waals surface area contributed by atoms with Gasteiger partial charge in [0.05, 0.1) is 23.7 Å². The molecule has 0 aliphatic heterocycles. The van der Waals surface area contributed by atoms with Gasteiger partial charge in [0, 0.05) is 0 Å². The lowest BCUT2D eigenvalue weighted by Gasteiger charge is -2.09. The van der Waals surface area contributed by atoms with Crippen LogP contribution in [-0.2, 0) is 0 Å². The Morgan fingerprint density at radius 1 is 1.19 bits per heavy atom. The van der Waals surface area contributed by atoms with Crippen molar-refractivity contribution in [3.8, 4) is 5.75 Å². The molecule has 2 aromatic carbocycles. The molecule has 0 saturated carbocycles. The fraction of sp³-hybridized carbons (Fsp3) is 0.0556. The number of nitrogens with one attached hydrogen (secondary N) is 2. The molecule has 0 aliphatic carbocycles. The average molecular weight is 383 g/mol. The zero-order chi connectivity index (χ0) is 18.3. The van der Waals surface area contributed by atoms with Gasteiger partial charge >= 0.3 is 0 Å². The van der Waals surface area contributed by atoms with E-state index in [4.69, 9.17) is 17.0 Å². The topological polar surface area (TPSA) is 75.6 Å². The highest BCUT2D eigenvalue weighted by Gasteiger charge is 2.19. The highest BCUT2D eigenvalue weighted by molar-refractivity contribution is 7.73. The van der Waals surface area contributed by atoms with Gasteiger partial charge < -0.3 is 15.0 Å². The summed E-state index contributed by atoms with van der Waals surface area (Å²) in [6.45, 7) is 0. The molecule has 26 heavy (non-hydrogen) atoms. The maximum absolute atomic E-state index is 12.8. The molecule has 8 heteroatoms. The Kier molecular flexibility index (Phi) is 4.06. The van der Waals surface area contributed by atoms with E-state index >= 15 is 0 Å². The van der Waals surface area contributed by atoms with E-state index in [-0.39, 0.29) is 11.5 Å². The van der Waals surface area contributed by atoms with E-state index in [0.29, 0.717) is 36.8 Å². The van der Waals surface area contributed by atoms with E-state index < -0.39 is 0 Å². The molecule has 2 aromatic heterocycles. The van der Waals surface area contributed by atoms with Gasteiger partial charge in [-0.25, -0.2) is 0 Å². The second kappa shape index (κ2) is 6.40. The number of benzene rings is 2. The summed E-state index contributed by atoms with van der Waals surface area (Å²) < 4.78 is 7.46. The number of carbonyl (C=O) groups is 1. The third kappa shape index (κ3) is 2.59. The molecule has 0 radical (unpaired) electrons. The predicted octanol–water partition coefficient (Wildman–Crippen LogP) is 3.83. The Balaban J connectivity index is 1.89. The molecule has 0 saturated heterocycles. The number of thiazole rings is 1. The van der Waals surface area contributed by atoms with Crippen molar-refractivity contribution >= 4 is 51.7 Å². The largest absolute Gasteiger partial charge is 0.495 e. The number of rotatable bonds is 3. The Hall–Kier alpha value is -2.97. The number of H-pyrrole nitrogens is 1. The predicted molar refractivity (Wildman–Crippen MR) is 105 cm³/mol. The van der Waals surface area contributed by atoms with Crippen LogP contribution in [0.2, 0.25) is 0 Å². The molecule has 0 fully saturated rings. The Bertz CT molecular complexity index is 1270. The average Bonchev–Trinajstić information content (AvgIpc) is 2.99. The lowest BCUT2D eigenvalue weighted by molar-refractivity contribution is 0.103. The first kappa shape index (κ1) is 16.5. The van der Waals surface area contributed by atoms with E-state index in [1.807, 2.05) is 18.2 Å². The number of hydrogen-bond donors (Lipinski definition) is 2. The summed E-state index contributed by atoms with van der Waals surface area (Å²) in [6.07, 6.45) is 0. The van der Waals surface area contributed by atoms with Crippen molar-refractivity contribution < 1.29 is 9.53 Å². The second-order valence-electron chi connectivity index (χ2n) is 5.51. The van der Waals surface area contributed by atoms with Crippen LogP contribution in [0.15, 0.2) is 53.3 Å². The molecule has 0 bridgehead atoms. The zero-order valence-corrected chi connectivity index (χ0v) is 15.2. The minimum absolute atomic E-state index is 0.264. The second-order valence-corrected chi connectivity index (χ2v) is 7.15. The van der Waals surface area contributed by atoms with Gasteiger partial charge in [-0.05, 0) is 36.5 Å². The van der Waals surface area contributed by atoms with Crippen LogP contribution >= 0.6 is 23.6 Å². The normalized spacial score (nSPS) is 11.0. The van der Waals surface area contributed by atoms with Crippen LogP contribution in [-0.4, -0.2) is 22.4 Å². The van der Waals surface area contributed by atoms with Crippen LogP contribution in [0.3, 0.4) is 0 Å². The fourth-order valence-electron chi connectivity index (χ4n) is 2.82. The highest BCUT2D eigenvalue weighted by Crippen LogP contribution is 2.27. The maximum Gasteiger partial charge on any atom is 0.269 e. The Morgan fingerprint density at radius 2 is 1.92 bits per heavy atom. The monoisotopic (exact) mass is 383 g/mol. The van der Waals surface area contributed by atoms with Crippen LogP contribution in [0.1, 0.15) is 9.67 Å². The van der Waals surface area contributed by atoms with Crippen molar-refractivity contribution in [1.82, 2.24) is 9.38 Å². The number of para-hydroxylation sites is 3. The first-order valence-corrected chi connectivity index (χ1v) is 8.93. The standard InChI is InChI=1S/C18H13N3O3S2/c1-24-13-9-5-3-7-11(13)19-17(23)14-15-20-16(22)10-6-2-4-8-12(10)21(15)18(25)26-14/h2-9H,1H3,(H,19,23)(H,20,22). The number of fused-ring (bicyclic) bond motifs is 3. The van der Waals surface area contributed by atoms with Crippen molar-refractivity contribution in [3.05, 3.63) is 67.7 Å². The maximum atomic E-state index is 12.8. The van der Waals surface area contributed by atoms with E-state index in [1.54, 1.807) is 34.7 Å². The molecular weight excluding hydrogens is 370 g/mol. The number of anilines is 1. The number of nitrogens with zero attached hydrogens (tertiary/aromatic N) is 1. The summed E-state index contributed by atoms with van der Waals surface area (Å²) >= 11 is 6.58. The summed E-state index contributed by atoms with van der Waals surface area (Å²) in [7, 11) is 1.53. The molecule has 2 N–H and O–H groups in total. The van der Waals surface area contributed by atoms with Gasteiger partial charge in [-0.3, -0.25) is 14.0 Å². The number of ether oxygens (including phenoxy) is 1. The van der Waals surface area contributed by atoms with Gasteiger partial charge in [0.25, 0.3) is 11.5 Å². The molecule has 6 nitrogen and oxygen atoms in total. The highest BCUT2D eigenvalue weighted by atomic mass is 32.1. The quantitative estimate of drug-likeness (QED) is 0.527. The van der Waals surface area contributed by atoms with Gasteiger partial charge in [-0.2, -0.15) is 0 Å². The van der Waals surface area contributed by atoms with Crippen LogP contribution in [0.4, 0.5) is 5.69 Å². The number of methoxy groups -OCH3 is 1. The Morgan fingerprint density at radius 3 is 2.73 bits per heavy atom. The van der Waals surface area contributed by atoms with Gasteiger partial charge in [-0.15, -0.1) is 0 Å². The van der Waals surface area contributed by atoms with E-state index in [0.717, 1.165) is 11.3 Å². The fourth-order valence-corrected chi connectivity index (χ4v) is 4.10. The lowest BCUT2D eigenvalue weighted by atomic mass is 10.2. The minimum atomic E-state index is -0.362. The summed E-state index contributed by atoms with van der Waals surface area (Å²) in [5, 5.41) is 3.33. The van der Waals surface area contributed by atoms with Crippen molar-refractivity contribution in [2.75, 3.05) is 12.4 Å². The number of carbonyl (C=O) groups excluding carboxylic acids is 1. The van der Waals surface area contributed by atoms with Gasteiger partial charge in [0.1, 0.15) is 16.3 Å². The van der Waals surface area contributed by atoms with Gasteiger partial charge in [0.15, 0.2) is 3.95 Å². The number of amides is 1.